The molecular weight excluding hydrogens is 407 g/mol. The Morgan fingerprint density at radius 1 is 0.783 bits per heavy atom. The molecule has 0 aliphatic carbocycles. The molecule has 3 rings (SSSR count). The van der Waals surface area contributed by atoms with Crippen LogP contribution in [0.2, 0.25) is 20.1 Å². The van der Waals surface area contributed by atoms with E-state index in [1.165, 1.54) is 0 Å². The van der Waals surface area contributed by atoms with E-state index in [0.717, 1.165) is 0 Å². The van der Waals surface area contributed by atoms with E-state index >= 15 is 0 Å². The van der Waals surface area contributed by atoms with E-state index in [1.807, 2.05) is 5.81 Å². The molecule has 1 spiro atoms. The van der Waals surface area contributed by atoms with E-state index in [0.29, 0.717) is 0 Å². The Balaban J connectivity index is 2.23. The molecule has 1 fully saturated rings. The van der Waals surface area contributed by atoms with Crippen molar-refractivity contribution < 1.29 is 18.1 Å². The second-order valence-electron chi connectivity index (χ2n) is 6.21. The first-order valence-corrected chi connectivity index (χ1v) is 9.92. The van der Waals surface area contributed by atoms with Crippen molar-refractivity contribution in [2.24, 2.45) is 0 Å². The van der Waals surface area contributed by atoms with Crippen LogP contribution in [-0.4, -0.2) is 11.2 Å². The third kappa shape index (κ3) is 2.17. The Morgan fingerprint density at radius 2 is 1.13 bits per heavy atom. The van der Waals surface area contributed by atoms with Gasteiger partial charge in [-0.1, -0.05) is 0 Å². The van der Waals surface area contributed by atoms with Crippen molar-refractivity contribution in [2.75, 3.05) is 0 Å². The Bertz CT molecular complexity index is 732. The van der Waals surface area contributed by atoms with Crippen LogP contribution in [0.15, 0.2) is 0 Å². The van der Waals surface area contributed by atoms with E-state index in [2.05, 4.69) is 0 Å². The molecule has 1 aromatic carbocycles. The second-order valence-corrected chi connectivity index (χ2v) is 10.3. The molecule has 0 radical (unpaired) electrons. The molecule has 1 aromatic rings. The summed E-state index contributed by atoms with van der Waals surface area (Å²) in [6.45, 7) is 7.07. The van der Waals surface area contributed by atoms with Gasteiger partial charge in [-0.3, -0.25) is 0 Å². The van der Waals surface area contributed by atoms with Gasteiger partial charge in [0, 0.05) is 0 Å². The molecule has 2 aliphatic rings. The third-order valence-corrected chi connectivity index (χ3v) is 8.70. The van der Waals surface area contributed by atoms with E-state index in [-0.39, 0.29) is 31.6 Å². The van der Waals surface area contributed by atoms with Crippen molar-refractivity contribution in [3.05, 3.63) is 20.1 Å². The van der Waals surface area contributed by atoms with Gasteiger partial charge in [-0.25, -0.2) is 0 Å². The first-order chi connectivity index (χ1) is 10.4. The van der Waals surface area contributed by atoms with E-state index < -0.39 is 18.7 Å². The summed E-state index contributed by atoms with van der Waals surface area (Å²) in [6, 6.07) is 0. The number of hydrogen-bond donors (Lipinski definition) is 0. The van der Waals surface area contributed by atoms with Crippen LogP contribution >= 0.6 is 53.9 Å². The molecule has 0 unspecified atom stereocenters. The molecule has 10 heteroatoms. The summed E-state index contributed by atoms with van der Waals surface area (Å²) in [5.74, 6) is 1.91. The number of nitrogens with zero attached hydrogens (tertiary/aromatic N) is 1. The quantitative estimate of drug-likeness (QED) is 0.278. The molecular formula is C13H12Cl4NO4P. The van der Waals surface area contributed by atoms with Gasteiger partial charge >= 0.3 is 154 Å². The van der Waals surface area contributed by atoms with Gasteiger partial charge in [0.15, 0.2) is 0 Å². The minimum absolute atomic E-state index is 0.00472. The van der Waals surface area contributed by atoms with Gasteiger partial charge in [0.25, 0.3) is 0 Å². The molecule has 0 saturated carbocycles. The van der Waals surface area contributed by atoms with E-state index in [9.17, 15) is 5.26 Å². The second kappa shape index (κ2) is 4.71. The van der Waals surface area contributed by atoms with Crippen molar-refractivity contribution in [1.82, 2.24) is 0 Å². The standard InChI is InChI=1S/C13H12Cl4NO4P/c1-12(2)13(3,4)22-23(5-18,21-12)19-10-8(16)6(14)7(15)9(17)11(10)20-23/h1-4H3. The van der Waals surface area contributed by atoms with Crippen LogP contribution < -0.4 is 9.05 Å². The van der Waals surface area contributed by atoms with Gasteiger partial charge < -0.3 is 0 Å². The monoisotopic (exact) mass is 417 g/mol. The number of benzene rings is 1. The number of halogens is 4. The SMILES string of the molecule is CC1(C)OP2(C#N)(Oc3c(Cl)c(Cl)c(Cl)c(Cl)c3O2)OC1(C)C. The molecule has 0 aromatic heterocycles. The summed E-state index contributed by atoms with van der Waals surface area (Å²) in [5, 5.41) is 9.76. The summed E-state index contributed by atoms with van der Waals surface area (Å²) >= 11 is 24.4. The Kier molecular flexibility index (Phi) is 3.61. The van der Waals surface area contributed by atoms with Gasteiger partial charge in [-0.2, -0.15) is 0 Å². The number of rotatable bonds is 0. The van der Waals surface area contributed by atoms with Crippen molar-refractivity contribution in [3.63, 3.8) is 0 Å². The fourth-order valence-electron chi connectivity index (χ4n) is 2.27. The molecule has 1 saturated heterocycles. The van der Waals surface area contributed by atoms with Crippen molar-refractivity contribution >= 4 is 53.9 Å². The summed E-state index contributed by atoms with van der Waals surface area (Å²) in [7, 11) is -4.65. The zero-order valence-electron chi connectivity index (χ0n) is 12.5. The average molecular weight is 419 g/mol. The molecule has 2 aliphatic heterocycles. The average Bonchev–Trinajstić information content (AvgIpc) is 2.86. The fourth-order valence-corrected chi connectivity index (χ4v) is 6.65. The molecule has 5 nitrogen and oxygen atoms in total. The zero-order chi connectivity index (χ0) is 17.4. The van der Waals surface area contributed by atoms with Gasteiger partial charge in [0.05, 0.1) is 0 Å². The summed E-state index contributed by atoms with van der Waals surface area (Å²) in [5.41, 5.74) is -1.73. The zero-order valence-corrected chi connectivity index (χ0v) is 16.5. The van der Waals surface area contributed by atoms with Gasteiger partial charge in [0.2, 0.25) is 0 Å². The Labute approximate surface area is 153 Å². The topological polar surface area (TPSA) is 60.7 Å². The van der Waals surface area contributed by atoms with E-state index in [1.54, 1.807) is 27.7 Å². The van der Waals surface area contributed by atoms with Crippen molar-refractivity contribution in [2.45, 2.75) is 38.9 Å². The minimum atomic E-state index is -4.65. The molecule has 0 N–H and O–H groups in total. The summed E-state index contributed by atoms with van der Waals surface area (Å²) in [4.78, 5) is 0. The third-order valence-electron chi connectivity index (χ3n) is 4.07. The predicted octanol–water partition coefficient (Wildman–Crippen LogP) is 6.37. The van der Waals surface area contributed by atoms with Crippen LogP contribution in [0.3, 0.4) is 0 Å². The van der Waals surface area contributed by atoms with E-state index in [4.69, 9.17) is 64.5 Å². The van der Waals surface area contributed by atoms with Crippen LogP contribution in [0.1, 0.15) is 27.7 Å². The molecule has 2 heterocycles. The van der Waals surface area contributed by atoms with Crippen molar-refractivity contribution in [3.8, 4) is 17.3 Å². The first-order valence-electron chi connectivity index (χ1n) is 6.50. The normalized spacial score (nSPS) is 26.5. The van der Waals surface area contributed by atoms with Gasteiger partial charge in [0.1, 0.15) is 0 Å². The van der Waals surface area contributed by atoms with Crippen LogP contribution in [0.25, 0.3) is 0 Å². The summed E-state index contributed by atoms with van der Waals surface area (Å²) in [6.07, 6.45) is 0. The number of fused-ring (bicyclic) bond motifs is 1. The van der Waals surface area contributed by atoms with Gasteiger partial charge in [-0.05, 0) is 0 Å². The number of nitriles is 1. The molecule has 126 valence electrons. The molecule has 0 bridgehead atoms. The van der Waals surface area contributed by atoms with Crippen LogP contribution in [0, 0.1) is 11.1 Å². The Hall–Kier alpha value is -0.180. The Morgan fingerprint density at radius 3 is 1.43 bits per heavy atom. The predicted molar refractivity (Wildman–Crippen MR) is 90.6 cm³/mol. The fraction of sp³-hybridized carbons (Fsp3) is 0.462. The maximum atomic E-state index is 9.82. The summed E-state index contributed by atoms with van der Waals surface area (Å²) < 4.78 is 23.4. The molecule has 23 heavy (non-hydrogen) atoms. The van der Waals surface area contributed by atoms with Crippen LogP contribution in [0.5, 0.6) is 11.5 Å². The number of hydrogen-bond acceptors (Lipinski definition) is 5. The molecule has 0 amide bonds. The van der Waals surface area contributed by atoms with Crippen LogP contribution in [-0.2, 0) is 9.05 Å². The van der Waals surface area contributed by atoms with Gasteiger partial charge in [-0.15, -0.1) is 0 Å². The first kappa shape index (κ1) is 17.6. The van der Waals surface area contributed by atoms with Crippen molar-refractivity contribution in [1.29, 1.82) is 5.26 Å². The maximum absolute atomic E-state index is 9.82. The molecule has 0 atom stereocenters. The van der Waals surface area contributed by atoms with Crippen LogP contribution in [0.4, 0.5) is 0 Å².